The molecule has 74 valence electrons. The molecule has 0 aliphatic carbocycles. The van der Waals surface area contributed by atoms with Crippen LogP contribution in [0.3, 0.4) is 0 Å². The Kier molecular flexibility index (Phi) is 3.18. The van der Waals surface area contributed by atoms with Crippen LogP contribution in [0.5, 0.6) is 0 Å². The van der Waals surface area contributed by atoms with E-state index in [0.717, 1.165) is 14.7 Å². The van der Waals surface area contributed by atoms with Gasteiger partial charge in [0.15, 0.2) is 0 Å². The third kappa shape index (κ3) is 2.67. The van der Waals surface area contributed by atoms with E-state index in [9.17, 15) is 5.11 Å². The van der Waals surface area contributed by atoms with Gasteiger partial charge in [0.25, 0.3) is 0 Å². The Morgan fingerprint density at radius 2 is 2.13 bits per heavy atom. The number of rotatable bonds is 0. The van der Waals surface area contributed by atoms with Crippen LogP contribution in [0.15, 0.2) is 23.1 Å². The quantitative estimate of drug-likeness (QED) is 0.691. The molecule has 15 heavy (non-hydrogen) atoms. The minimum atomic E-state index is -0.344. The van der Waals surface area contributed by atoms with Gasteiger partial charge < -0.3 is 5.11 Å². The number of aliphatic hydroxyl groups is 1. The minimum absolute atomic E-state index is 0.344. The molecule has 0 aromatic carbocycles. The molecule has 1 N–H and O–H groups in total. The number of allylic oxidation sites excluding steroid dienone is 1. The monoisotopic (exact) mass is 232 g/mol. The molecule has 1 atom stereocenters. The Labute approximate surface area is 97.2 Å². The standard InChI is InChI=1S/C12H8OS2/c1-2-10-3-4-11(15-10)5-6-12-7-9(13)8-14-12/h1,3-4,7,9,13H,8H2/t9-/m0/s1. The van der Waals surface area contributed by atoms with E-state index < -0.39 is 0 Å². The van der Waals surface area contributed by atoms with E-state index in [1.807, 2.05) is 12.1 Å². The van der Waals surface area contributed by atoms with Gasteiger partial charge in [0.1, 0.15) is 0 Å². The normalized spacial score (nSPS) is 18.9. The molecule has 0 saturated heterocycles. The van der Waals surface area contributed by atoms with Crippen molar-refractivity contribution in [2.45, 2.75) is 6.10 Å². The lowest BCUT2D eigenvalue weighted by Gasteiger charge is -1.88. The molecule has 0 amide bonds. The molecule has 2 heterocycles. The Balaban J connectivity index is 2.12. The maximum absolute atomic E-state index is 9.25. The SMILES string of the molecule is C#Cc1ccc(C#CC2=C[C@H](O)CS2)s1. The van der Waals surface area contributed by atoms with Crippen molar-refractivity contribution < 1.29 is 5.11 Å². The van der Waals surface area contributed by atoms with Crippen LogP contribution in [0.4, 0.5) is 0 Å². The largest absolute Gasteiger partial charge is 0.388 e. The molecular weight excluding hydrogens is 224 g/mol. The van der Waals surface area contributed by atoms with E-state index in [-0.39, 0.29) is 6.10 Å². The van der Waals surface area contributed by atoms with Crippen molar-refractivity contribution in [3.8, 4) is 24.2 Å². The summed E-state index contributed by atoms with van der Waals surface area (Å²) in [5, 5.41) is 9.25. The molecule has 1 aliphatic heterocycles. The van der Waals surface area contributed by atoms with Gasteiger partial charge in [0.05, 0.1) is 20.8 Å². The lowest BCUT2D eigenvalue weighted by molar-refractivity contribution is 0.251. The van der Waals surface area contributed by atoms with Crippen LogP contribution in [0.2, 0.25) is 0 Å². The molecule has 1 aliphatic rings. The molecule has 1 nitrogen and oxygen atoms in total. The van der Waals surface area contributed by atoms with Gasteiger partial charge in [-0.3, -0.25) is 0 Å². The first kappa shape index (κ1) is 10.4. The number of hydrogen-bond donors (Lipinski definition) is 1. The van der Waals surface area contributed by atoms with Gasteiger partial charge in [-0.1, -0.05) is 17.8 Å². The third-order valence-electron chi connectivity index (χ3n) is 1.81. The average Bonchev–Trinajstić information content (AvgIpc) is 2.83. The number of aliphatic hydroxyl groups excluding tert-OH is 1. The summed E-state index contributed by atoms with van der Waals surface area (Å²) in [7, 11) is 0. The molecule has 0 saturated carbocycles. The zero-order chi connectivity index (χ0) is 10.7. The first-order valence-electron chi connectivity index (χ1n) is 4.39. The topological polar surface area (TPSA) is 20.2 Å². The van der Waals surface area contributed by atoms with E-state index in [1.54, 1.807) is 17.8 Å². The number of thioether (sulfide) groups is 1. The van der Waals surface area contributed by atoms with Crippen molar-refractivity contribution >= 4 is 23.1 Å². The second-order valence-corrected chi connectivity index (χ2v) is 5.11. The zero-order valence-corrected chi connectivity index (χ0v) is 9.49. The predicted octanol–water partition coefficient (Wildman–Crippen LogP) is 2.07. The van der Waals surface area contributed by atoms with Gasteiger partial charge in [0, 0.05) is 5.75 Å². The predicted molar refractivity (Wildman–Crippen MR) is 65.7 cm³/mol. The summed E-state index contributed by atoms with van der Waals surface area (Å²) in [5.41, 5.74) is 0. The maximum Gasteiger partial charge on any atom is 0.0835 e. The van der Waals surface area contributed by atoms with E-state index in [2.05, 4.69) is 17.8 Å². The van der Waals surface area contributed by atoms with Crippen molar-refractivity contribution in [1.82, 2.24) is 0 Å². The minimum Gasteiger partial charge on any atom is -0.388 e. The van der Waals surface area contributed by atoms with Gasteiger partial charge in [-0.05, 0) is 18.2 Å². The molecule has 3 heteroatoms. The van der Waals surface area contributed by atoms with Gasteiger partial charge >= 0.3 is 0 Å². The summed E-state index contributed by atoms with van der Waals surface area (Å²) >= 11 is 3.09. The van der Waals surface area contributed by atoms with Crippen LogP contribution in [-0.2, 0) is 0 Å². The highest BCUT2D eigenvalue weighted by atomic mass is 32.2. The second kappa shape index (κ2) is 4.59. The lowest BCUT2D eigenvalue weighted by Crippen LogP contribution is -1.98. The summed E-state index contributed by atoms with van der Waals surface area (Å²) in [5.74, 6) is 9.34. The molecule has 0 spiro atoms. The summed E-state index contributed by atoms with van der Waals surface area (Å²) in [6.45, 7) is 0. The highest BCUT2D eigenvalue weighted by Gasteiger charge is 2.11. The van der Waals surface area contributed by atoms with Gasteiger partial charge in [-0.2, -0.15) is 0 Å². The van der Waals surface area contributed by atoms with E-state index in [4.69, 9.17) is 6.42 Å². The lowest BCUT2D eigenvalue weighted by atomic mass is 10.3. The molecule has 0 fully saturated rings. The van der Waals surface area contributed by atoms with Crippen molar-refractivity contribution in [3.63, 3.8) is 0 Å². The summed E-state index contributed by atoms with van der Waals surface area (Å²) in [4.78, 5) is 2.80. The second-order valence-electron chi connectivity index (χ2n) is 2.97. The smallest absolute Gasteiger partial charge is 0.0835 e. The average molecular weight is 232 g/mol. The maximum atomic E-state index is 9.25. The van der Waals surface area contributed by atoms with Crippen LogP contribution >= 0.6 is 23.1 Å². The van der Waals surface area contributed by atoms with Crippen molar-refractivity contribution in [3.05, 3.63) is 32.9 Å². The third-order valence-corrected chi connectivity index (χ3v) is 3.80. The van der Waals surface area contributed by atoms with E-state index in [0.29, 0.717) is 5.75 Å². The summed E-state index contributed by atoms with van der Waals surface area (Å²) in [6.07, 6.45) is 6.70. The van der Waals surface area contributed by atoms with Crippen LogP contribution in [-0.4, -0.2) is 17.0 Å². The van der Waals surface area contributed by atoms with Crippen molar-refractivity contribution in [1.29, 1.82) is 0 Å². The van der Waals surface area contributed by atoms with Crippen LogP contribution in [0.1, 0.15) is 9.75 Å². The fourth-order valence-corrected chi connectivity index (χ4v) is 2.62. The van der Waals surface area contributed by atoms with Crippen molar-refractivity contribution in [2.24, 2.45) is 0 Å². The molecule has 1 aromatic rings. The van der Waals surface area contributed by atoms with Crippen LogP contribution < -0.4 is 0 Å². The number of thiophene rings is 1. The number of hydrogen-bond acceptors (Lipinski definition) is 3. The van der Waals surface area contributed by atoms with Gasteiger partial charge in [-0.25, -0.2) is 0 Å². The highest BCUT2D eigenvalue weighted by molar-refractivity contribution is 8.03. The van der Waals surface area contributed by atoms with Gasteiger partial charge in [-0.15, -0.1) is 29.5 Å². The first-order valence-corrected chi connectivity index (χ1v) is 6.19. The molecule has 0 unspecified atom stereocenters. The summed E-state index contributed by atoms with van der Waals surface area (Å²) < 4.78 is 0. The highest BCUT2D eigenvalue weighted by Crippen LogP contribution is 2.24. The molecule has 2 rings (SSSR count). The molecular formula is C12H8OS2. The van der Waals surface area contributed by atoms with Crippen molar-refractivity contribution in [2.75, 3.05) is 5.75 Å². The molecule has 1 aromatic heterocycles. The van der Waals surface area contributed by atoms with Gasteiger partial charge in [0.2, 0.25) is 0 Å². The zero-order valence-electron chi connectivity index (χ0n) is 7.86. The Bertz CT molecular complexity index is 494. The Hall–Kier alpha value is -1.13. The fraction of sp³-hybridized carbons (Fsp3) is 0.167. The first-order chi connectivity index (χ1) is 7.28. The fourth-order valence-electron chi connectivity index (χ4n) is 1.13. The van der Waals surface area contributed by atoms with Crippen LogP contribution in [0, 0.1) is 24.2 Å². The Morgan fingerprint density at radius 3 is 2.73 bits per heavy atom. The molecule has 0 bridgehead atoms. The van der Waals surface area contributed by atoms with E-state index >= 15 is 0 Å². The van der Waals surface area contributed by atoms with Crippen LogP contribution in [0.25, 0.3) is 0 Å². The Morgan fingerprint density at radius 1 is 1.33 bits per heavy atom. The number of terminal acetylenes is 1. The summed E-state index contributed by atoms with van der Waals surface area (Å²) in [6, 6.07) is 3.81. The molecule has 0 radical (unpaired) electrons. The van der Waals surface area contributed by atoms with E-state index in [1.165, 1.54) is 11.3 Å².